The molecule has 0 radical (unpaired) electrons. The highest BCUT2D eigenvalue weighted by molar-refractivity contribution is 6.34. The highest BCUT2D eigenvalue weighted by atomic mass is 35.5. The third kappa shape index (κ3) is 2.54. The lowest BCUT2D eigenvalue weighted by Gasteiger charge is -2.05. The molecule has 0 saturated carbocycles. The lowest BCUT2D eigenvalue weighted by Crippen LogP contribution is -2.14. The van der Waals surface area contributed by atoms with Gasteiger partial charge in [0.15, 0.2) is 0 Å². The molecule has 2 rings (SSSR count). The Morgan fingerprint density at radius 2 is 2.29 bits per heavy atom. The van der Waals surface area contributed by atoms with Crippen LogP contribution in [0.5, 0.6) is 0 Å². The summed E-state index contributed by atoms with van der Waals surface area (Å²) < 4.78 is 4.60. The second-order valence-electron chi connectivity index (χ2n) is 3.14. The van der Waals surface area contributed by atoms with Gasteiger partial charge in [-0.25, -0.2) is 4.98 Å². The summed E-state index contributed by atoms with van der Waals surface area (Å²) in [5.41, 5.74) is 0.586. The van der Waals surface area contributed by atoms with E-state index in [1.807, 2.05) is 0 Å². The van der Waals surface area contributed by atoms with Gasteiger partial charge in [-0.2, -0.15) is 0 Å². The molecule has 0 aliphatic carbocycles. The number of anilines is 2. The Kier molecular flexibility index (Phi) is 3.24. The van der Waals surface area contributed by atoms with Crippen molar-refractivity contribution < 1.29 is 9.32 Å². The van der Waals surface area contributed by atoms with Crippen molar-refractivity contribution in [1.82, 2.24) is 10.1 Å². The maximum absolute atomic E-state index is 11.8. The van der Waals surface area contributed by atoms with Crippen LogP contribution < -0.4 is 10.6 Å². The first-order valence-electron chi connectivity index (χ1n) is 4.75. The number of carbonyl (C=O) groups excluding carboxylic acids is 1. The van der Waals surface area contributed by atoms with Gasteiger partial charge in [0.1, 0.15) is 23.5 Å². The molecule has 88 valence electrons. The summed E-state index contributed by atoms with van der Waals surface area (Å²) in [6.07, 6.45) is 2.70. The van der Waals surface area contributed by atoms with Crippen molar-refractivity contribution in [1.29, 1.82) is 0 Å². The van der Waals surface area contributed by atoms with Crippen molar-refractivity contribution in [3.05, 3.63) is 35.3 Å². The summed E-state index contributed by atoms with van der Waals surface area (Å²) in [6, 6.07) is 3.28. The van der Waals surface area contributed by atoms with E-state index in [4.69, 9.17) is 11.6 Å². The Morgan fingerprint density at radius 1 is 1.47 bits per heavy atom. The van der Waals surface area contributed by atoms with Crippen LogP contribution in [0.3, 0.4) is 0 Å². The van der Waals surface area contributed by atoms with Crippen molar-refractivity contribution in [2.24, 2.45) is 0 Å². The summed E-state index contributed by atoms with van der Waals surface area (Å²) in [5.74, 6) is 0.139. The first-order chi connectivity index (χ1) is 8.20. The van der Waals surface area contributed by atoms with E-state index in [0.717, 1.165) is 0 Å². The van der Waals surface area contributed by atoms with E-state index in [-0.39, 0.29) is 10.7 Å². The Hall–Kier alpha value is -2.08. The fourth-order valence-electron chi connectivity index (χ4n) is 1.20. The summed E-state index contributed by atoms with van der Waals surface area (Å²) in [6.45, 7) is 0. The molecule has 17 heavy (non-hydrogen) atoms. The van der Waals surface area contributed by atoms with Crippen LogP contribution in [0.4, 0.5) is 11.5 Å². The Bertz CT molecular complexity index is 527. The van der Waals surface area contributed by atoms with Crippen molar-refractivity contribution in [2.75, 3.05) is 17.7 Å². The molecule has 0 aliphatic heterocycles. The fraction of sp³-hybridized carbons (Fsp3) is 0.100. The molecule has 0 fully saturated rings. The normalized spacial score (nSPS) is 10.0. The summed E-state index contributed by atoms with van der Waals surface area (Å²) in [5, 5.41) is 9.13. The predicted molar refractivity (Wildman–Crippen MR) is 63.2 cm³/mol. The Balaban J connectivity index is 2.24. The number of pyridine rings is 1. The molecule has 0 spiro atoms. The van der Waals surface area contributed by atoms with Crippen molar-refractivity contribution in [2.45, 2.75) is 0 Å². The van der Waals surface area contributed by atoms with Gasteiger partial charge in [-0.05, 0) is 12.1 Å². The molecule has 0 bridgehead atoms. The molecule has 6 nitrogen and oxygen atoms in total. The smallest absolute Gasteiger partial charge is 0.276 e. The average Bonchev–Trinajstić information content (AvgIpc) is 2.82. The molecule has 1 amide bonds. The Labute approximate surface area is 102 Å². The number of nitrogens with one attached hydrogen (secondary N) is 2. The zero-order valence-corrected chi connectivity index (χ0v) is 9.65. The maximum Gasteiger partial charge on any atom is 0.276 e. The van der Waals surface area contributed by atoms with E-state index in [2.05, 4.69) is 25.3 Å². The van der Waals surface area contributed by atoms with Crippen LogP contribution in [0.1, 0.15) is 10.5 Å². The molecule has 2 aromatic rings. The summed E-state index contributed by atoms with van der Waals surface area (Å²) in [7, 11) is 1.71. The Morgan fingerprint density at radius 3 is 2.94 bits per heavy atom. The van der Waals surface area contributed by atoms with Crippen molar-refractivity contribution in [3.8, 4) is 0 Å². The van der Waals surface area contributed by atoms with E-state index < -0.39 is 5.91 Å². The number of rotatable bonds is 3. The van der Waals surface area contributed by atoms with Crippen LogP contribution in [-0.2, 0) is 0 Å². The number of carbonyl (C=O) groups is 1. The summed E-state index contributed by atoms with van der Waals surface area (Å²) in [4.78, 5) is 15.9. The summed E-state index contributed by atoms with van der Waals surface area (Å²) >= 11 is 5.90. The van der Waals surface area contributed by atoms with Gasteiger partial charge in [-0.3, -0.25) is 4.79 Å². The van der Waals surface area contributed by atoms with Crippen LogP contribution in [0, 0.1) is 0 Å². The second kappa shape index (κ2) is 4.84. The zero-order chi connectivity index (χ0) is 12.3. The van der Waals surface area contributed by atoms with Gasteiger partial charge in [-0.1, -0.05) is 16.8 Å². The minimum Gasteiger partial charge on any atom is -0.373 e. The lowest BCUT2D eigenvalue weighted by molar-refractivity contribution is 0.102. The van der Waals surface area contributed by atoms with Crippen LogP contribution in [0.2, 0.25) is 5.02 Å². The highest BCUT2D eigenvalue weighted by Crippen LogP contribution is 2.18. The fourth-order valence-corrected chi connectivity index (χ4v) is 1.39. The standard InChI is InChI=1S/C10H9ClN4O2/c1-12-8-3-2-7(11)9(15-8)10(16)14-6-4-13-17-5-6/h2-5H,1H3,(H,12,15)(H,14,16). The van der Waals surface area contributed by atoms with Gasteiger partial charge in [-0.15, -0.1) is 0 Å². The minimum absolute atomic E-state index is 0.139. The number of hydrogen-bond acceptors (Lipinski definition) is 5. The molecule has 0 aliphatic rings. The third-order valence-electron chi connectivity index (χ3n) is 2.01. The molecule has 2 aromatic heterocycles. The first kappa shape index (κ1) is 11.4. The molecule has 0 saturated heterocycles. The van der Waals surface area contributed by atoms with Gasteiger partial charge < -0.3 is 15.2 Å². The van der Waals surface area contributed by atoms with Gasteiger partial charge >= 0.3 is 0 Å². The monoisotopic (exact) mass is 252 g/mol. The van der Waals surface area contributed by atoms with E-state index in [1.54, 1.807) is 19.2 Å². The van der Waals surface area contributed by atoms with E-state index in [1.165, 1.54) is 12.5 Å². The second-order valence-corrected chi connectivity index (χ2v) is 3.55. The molecule has 2 heterocycles. The van der Waals surface area contributed by atoms with Crippen LogP contribution in [0.15, 0.2) is 29.1 Å². The van der Waals surface area contributed by atoms with Gasteiger partial charge in [0.2, 0.25) is 0 Å². The number of amides is 1. The quantitative estimate of drug-likeness (QED) is 0.874. The van der Waals surface area contributed by atoms with Crippen LogP contribution in [0.25, 0.3) is 0 Å². The topological polar surface area (TPSA) is 80.0 Å². The zero-order valence-electron chi connectivity index (χ0n) is 8.90. The molecule has 7 heteroatoms. The van der Waals surface area contributed by atoms with Crippen molar-refractivity contribution in [3.63, 3.8) is 0 Å². The first-order valence-corrected chi connectivity index (χ1v) is 5.13. The average molecular weight is 253 g/mol. The van der Waals surface area contributed by atoms with Gasteiger partial charge in [0.25, 0.3) is 5.91 Å². The van der Waals surface area contributed by atoms with Crippen molar-refractivity contribution >= 4 is 29.0 Å². The minimum atomic E-state index is -0.421. The van der Waals surface area contributed by atoms with Crippen LogP contribution in [-0.4, -0.2) is 23.1 Å². The number of hydrogen-bond donors (Lipinski definition) is 2. The van der Waals surface area contributed by atoms with E-state index in [0.29, 0.717) is 11.5 Å². The molecular weight excluding hydrogens is 244 g/mol. The van der Waals surface area contributed by atoms with Crippen LogP contribution >= 0.6 is 11.6 Å². The SMILES string of the molecule is CNc1ccc(Cl)c(C(=O)Nc2cnoc2)n1. The largest absolute Gasteiger partial charge is 0.373 e. The molecular formula is C10H9ClN4O2. The maximum atomic E-state index is 11.8. The number of aromatic nitrogens is 2. The number of nitrogens with zero attached hydrogens (tertiary/aromatic N) is 2. The highest BCUT2D eigenvalue weighted by Gasteiger charge is 2.13. The lowest BCUT2D eigenvalue weighted by atomic mass is 10.3. The third-order valence-corrected chi connectivity index (χ3v) is 2.31. The van der Waals surface area contributed by atoms with E-state index in [9.17, 15) is 4.79 Å². The van der Waals surface area contributed by atoms with Gasteiger partial charge in [0.05, 0.1) is 11.2 Å². The van der Waals surface area contributed by atoms with Gasteiger partial charge in [0, 0.05) is 7.05 Å². The predicted octanol–water partition coefficient (Wildman–Crippen LogP) is 2.02. The number of halogens is 1. The molecule has 0 unspecified atom stereocenters. The molecule has 2 N–H and O–H groups in total. The molecule has 0 aromatic carbocycles. The van der Waals surface area contributed by atoms with E-state index >= 15 is 0 Å². The molecule has 0 atom stereocenters.